The first-order chi connectivity index (χ1) is 20.3. The summed E-state index contributed by atoms with van der Waals surface area (Å²) in [5.41, 5.74) is 5.23. The average molecular weight is 542 g/mol. The predicted octanol–water partition coefficient (Wildman–Crippen LogP) is 10.1. The second-order valence-electron chi connectivity index (χ2n) is 10.1. The highest BCUT2D eigenvalue weighted by Gasteiger charge is 2.17. The third-order valence-corrected chi connectivity index (χ3v) is 8.65. The van der Waals surface area contributed by atoms with E-state index in [2.05, 4.69) is 133 Å². The Kier molecular flexibility index (Phi) is 5.64. The summed E-state index contributed by atoms with van der Waals surface area (Å²) in [7, 11) is 0. The molecular weight excluding hydrogens is 518 g/mol. The van der Waals surface area contributed by atoms with Gasteiger partial charge in [-0.15, -0.1) is 11.3 Å². The topological polar surface area (TPSA) is 38.7 Å². The minimum Gasteiger partial charge on any atom is -0.208 e. The Morgan fingerprint density at radius 2 is 1.02 bits per heavy atom. The summed E-state index contributed by atoms with van der Waals surface area (Å²) >= 11 is 1.80. The highest BCUT2D eigenvalue weighted by molar-refractivity contribution is 7.25. The first-order valence-electron chi connectivity index (χ1n) is 13.6. The highest BCUT2D eigenvalue weighted by Crippen LogP contribution is 2.39. The summed E-state index contributed by atoms with van der Waals surface area (Å²) in [5, 5.41) is 4.76. The maximum Gasteiger partial charge on any atom is 0.164 e. The molecule has 192 valence electrons. The maximum atomic E-state index is 5.12. The van der Waals surface area contributed by atoms with Gasteiger partial charge in [-0.05, 0) is 46.2 Å². The Balaban J connectivity index is 1.37. The molecule has 0 atom stereocenters. The molecular formula is C37H23N3S. The zero-order valence-corrected chi connectivity index (χ0v) is 22.8. The van der Waals surface area contributed by atoms with Gasteiger partial charge in [-0.1, -0.05) is 115 Å². The molecule has 0 fully saturated rings. The van der Waals surface area contributed by atoms with Crippen molar-refractivity contribution in [3.63, 3.8) is 0 Å². The molecule has 0 spiro atoms. The summed E-state index contributed by atoms with van der Waals surface area (Å²) in [4.78, 5) is 15.3. The normalized spacial score (nSPS) is 11.4. The number of benzene rings is 6. The van der Waals surface area contributed by atoms with Crippen LogP contribution in [0.2, 0.25) is 0 Å². The second-order valence-corrected chi connectivity index (χ2v) is 11.2. The van der Waals surface area contributed by atoms with Crippen molar-refractivity contribution in [2.24, 2.45) is 0 Å². The first-order valence-corrected chi connectivity index (χ1v) is 14.4. The van der Waals surface area contributed by atoms with E-state index in [1.807, 2.05) is 6.07 Å². The molecule has 0 aliphatic rings. The molecule has 0 aliphatic carbocycles. The van der Waals surface area contributed by atoms with Crippen LogP contribution in [-0.2, 0) is 0 Å². The fourth-order valence-corrected chi connectivity index (χ4v) is 6.64. The summed E-state index contributed by atoms with van der Waals surface area (Å²) in [5.74, 6) is 2.00. The van der Waals surface area contributed by atoms with E-state index in [1.54, 1.807) is 11.3 Å². The van der Waals surface area contributed by atoms with E-state index < -0.39 is 0 Å². The van der Waals surface area contributed by atoms with Crippen LogP contribution in [0.5, 0.6) is 0 Å². The third kappa shape index (κ3) is 4.26. The van der Waals surface area contributed by atoms with E-state index in [1.165, 1.54) is 25.6 Å². The Labute approximate surface area is 241 Å². The zero-order valence-electron chi connectivity index (χ0n) is 22.0. The van der Waals surface area contributed by atoms with Gasteiger partial charge in [-0.3, -0.25) is 0 Å². The van der Waals surface area contributed by atoms with Gasteiger partial charge in [0.25, 0.3) is 0 Å². The zero-order chi connectivity index (χ0) is 27.2. The standard InChI is InChI=1S/C37H23N3S/c1-2-10-24(11-3-1)27-14-8-15-28(22-27)35-38-36(29-21-20-25-12-4-5-13-26(25)23-29)40-37(39-35)31-17-9-19-33-34(31)30-16-6-7-18-32(30)41-33/h1-23H. The molecule has 2 heterocycles. The minimum atomic E-state index is 0.660. The van der Waals surface area contributed by atoms with Crippen LogP contribution in [0.25, 0.3) is 76.2 Å². The lowest BCUT2D eigenvalue weighted by atomic mass is 10.0. The number of nitrogens with zero attached hydrogens (tertiary/aromatic N) is 3. The quantitative estimate of drug-likeness (QED) is 0.222. The van der Waals surface area contributed by atoms with E-state index in [4.69, 9.17) is 15.0 Å². The fourth-order valence-electron chi connectivity index (χ4n) is 5.51. The van der Waals surface area contributed by atoms with E-state index in [-0.39, 0.29) is 0 Å². The molecule has 0 unspecified atom stereocenters. The van der Waals surface area contributed by atoms with Crippen molar-refractivity contribution >= 4 is 42.3 Å². The number of hydrogen-bond acceptors (Lipinski definition) is 4. The monoisotopic (exact) mass is 541 g/mol. The lowest BCUT2D eigenvalue weighted by Gasteiger charge is -2.11. The third-order valence-electron chi connectivity index (χ3n) is 7.51. The molecule has 8 rings (SSSR count). The van der Waals surface area contributed by atoms with Gasteiger partial charge in [0.05, 0.1) is 0 Å². The molecule has 8 aromatic rings. The SMILES string of the molecule is c1ccc(-c2cccc(-c3nc(-c4ccc5ccccc5c4)nc(-c4cccc5sc6ccccc6c45)n3)c2)cc1. The summed E-state index contributed by atoms with van der Waals surface area (Å²) in [6.45, 7) is 0. The van der Waals surface area contributed by atoms with Crippen molar-refractivity contribution in [1.82, 2.24) is 15.0 Å². The van der Waals surface area contributed by atoms with E-state index in [9.17, 15) is 0 Å². The van der Waals surface area contributed by atoms with Crippen molar-refractivity contribution in [3.05, 3.63) is 140 Å². The maximum absolute atomic E-state index is 5.12. The molecule has 0 saturated carbocycles. The molecule has 41 heavy (non-hydrogen) atoms. The van der Waals surface area contributed by atoms with Gasteiger partial charge in [0, 0.05) is 36.9 Å². The number of fused-ring (bicyclic) bond motifs is 4. The van der Waals surface area contributed by atoms with Gasteiger partial charge in [-0.2, -0.15) is 0 Å². The van der Waals surface area contributed by atoms with Gasteiger partial charge >= 0.3 is 0 Å². The van der Waals surface area contributed by atoms with Gasteiger partial charge in [0.2, 0.25) is 0 Å². The molecule has 0 N–H and O–H groups in total. The first kappa shape index (κ1) is 23.7. The Morgan fingerprint density at radius 3 is 1.90 bits per heavy atom. The van der Waals surface area contributed by atoms with Crippen LogP contribution in [0.15, 0.2) is 140 Å². The fraction of sp³-hybridized carbons (Fsp3) is 0. The Bertz CT molecular complexity index is 2220. The molecule has 0 amide bonds. The average Bonchev–Trinajstić information content (AvgIpc) is 3.44. The van der Waals surface area contributed by atoms with E-state index in [0.29, 0.717) is 17.5 Å². The molecule has 3 nitrogen and oxygen atoms in total. The molecule has 0 bridgehead atoms. The predicted molar refractivity (Wildman–Crippen MR) is 172 cm³/mol. The van der Waals surface area contributed by atoms with E-state index in [0.717, 1.165) is 33.2 Å². The van der Waals surface area contributed by atoms with E-state index >= 15 is 0 Å². The number of rotatable bonds is 4. The van der Waals surface area contributed by atoms with Crippen molar-refractivity contribution in [1.29, 1.82) is 0 Å². The minimum absolute atomic E-state index is 0.660. The van der Waals surface area contributed by atoms with Gasteiger partial charge < -0.3 is 0 Å². The van der Waals surface area contributed by atoms with Crippen LogP contribution in [0, 0.1) is 0 Å². The van der Waals surface area contributed by atoms with Crippen molar-refractivity contribution in [2.75, 3.05) is 0 Å². The molecule has 6 aromatic carbocycles. The highest BCUT2D eigenvalue weighted by atomic mass is 32.1. The van der Waals surface area contributed by atoms with Crippen LogP contribution in [0.3, 0.4) is 0 Å². The van der Waals surface area contributed by atoms with Crippen LogP contribution in [-0.4, -0.2) is 15.0 Å². The second kappa shape index (κ2) is 9.77. The smallest absolute Gasteiger partial charge is 0.164 e. The number of thiophene rings is 1. The molecule has 0 radical (unpaired) electrons. The lowest BCUT2D eigenvalue weighted by molar-refractivity contribution is 1.08. The van der Waals surface area contributed by atoms with Crippen molar-refractivity contribution in [2.45, 2.75) is 0 Å². The van der Waals surface area contributed by atoms with Gasteiger partial charge in [0.1, 0.15) is 0 Å². The van der Waals surface area contributed by atoms with Crippen LogP contribution in [0.1, 0.15) is 0 Å². The number of aromatic nitrogens is 3. The lowest BCUT2D eigenvalue weighted by Crippen LogP contribution is -2.00. The molecule has 2 aromatic heterocycles. The molecule has 0 saturated heterocycles. The van der Waals surface area contributed by atoms with Crippen LogP contribution < -0.4 is 0 Å². The summed E-state index contributed by atoms with van der Waals surface area (Å²) in [6, 6.07) is 48.6. The molecule has 4 heteroatoms. The van der Waals surface area contributed by atoms with Gasteiger partial charge in [-0.25, -0.2) is 15.0 Å². The number of hydrogen-bond donors (Lipinski definition) is 0. The molecule has 0 aliphatic heterocycles. The largest absolute Gasteiger partial charge is 0.208 e. The van der Waals surface area contributed by atoms with Gasteiger partial charge in [0.15, 0.2) is 17.5 Å². The van der Waals surface area contributed by atoms with Crippen molar-refractivity contribution in [3.8, 4) is 45.3 Å². The van der Waals surface area contributed by atoms with Crippen molar-refractivity contribution < 1.29 is 0 Å². The Hall–Kier alpha value is -5.19. The Morgan fingerprint density at radius 1 is 0.390 bits per heavy atom. The van der Waals surface area contributed by atoms with Crippen LogP contribution in [0.4, 0.5) is 0 Å². The summed E-state index contributed by atoms with van der Waals surface area (Å²) in [6.07, 6.45) is 0. The summed E-state index contributed by atoms with van der Waals surface area (Å²) < 4.78 is 2.48. The van der Waals surface area contributed by atoms with Crippen LogP contribution >= 0.6 is 11.3 Å².